The van der Waals surface area contributed by atoms with Gasteiger partial charge in [0.25, 0.3) is 13.7 Å². The van der Waals surface area contributed by atoms with Gasteiger partial charge in [-0.3, -0.25) is 0 Å². The molecule has 0 saturated carbocycles. The Morgan fingerprint density at radius 1 is 0.714 bits per heavy atom. The molecule has 0 N–H and O–H groups in total. The third kappa shape index (κ3) is 5.07. The van der Waals surface area contributed by atoms with Crippen molar-refractivity contribution in [1.82, 2.24) is 0 Å². The van der Waals surface area contributed by atoms with Gasteiger partial charge in [-0.15, -0.1) is 0 Å². The van der Waals surface area contributed by atoms with Crippen LogP contribution in [0.3, 0.4) is 0 Å². The van der Waals surface area contributed by atoms with Crippen LogP contribution in [0.4, 0.5) is 0 Å². The summed E-state index contributed by atoms with van der Waals surface area (Å²) in [7, 11) is 0. The first-order valence-electron chi connectivity index (χ1n) is 3.27. The van der Waals surface area contributed by atoms with Crippen LogP contribution in [0.25, 0.3) is 0 Å². The van der Waals surface area contributed by atoms with Gasteiger partial charge in [0.05, 0.1) is 0 Å². The standard InChI is InChI=1S/C6H4Cl4O2P2/c7-13(8)11-5-1-2-6(4-3-5)12-14(9)10/h1-4H. The number of halogens is 4. The van der Waals surface area contributed by atoms with Gasteiger partial charge in [-0.2, -0.15) is 0 Å². The Morgan fingerprint density at radius 3 is 1.21 bits per heavy atom. The van der Waals surface area contributed by atoms with E-state index in [1.54, 1.807) is 24.3 Å². The van der Waals surface area contributed by atoms with Crippen LogP contribution in [0.15, 0.2) is 24.3 Å². The van der Waals surface area contributed by atoms with Crippen LogP contribution in [0.1, 0.15) is 0 Å². The van der Waals surface area contributed by atoms with Crippen LogP contribution in [0.2, 0.25) is 0 Å². The van der Waals surface area contributed by atoms with Gasteiger partial charge in [-0.05, 0) is 69.2 Å². The fraction of sp³-hybridized carbons (Fsp3) is 0. The second-order valence-corrected chi connectivity index (χ2v) is 7.95. The molecular formula is C6H4Cl4O2P2. The number of rotatable bonds is 4. The van der Waals surface area contributed by atoms with Crippen molar-refractivity contribution in [2.24, 2.45) is 0 Å². The minimum absolute atomic E-state index is 0.571. The topological polar surface area (TPSA) is 18.5 Å². The molecule has 8 heteroatoms. The van der Waals surface area contributed by atoms with Gasteiger partial charge >= 0.3 is 0 Å². The van der Waals surface area contributed by atoms with E-state index in [2.05, 4.69) is 0 Å². The molecular weight excluding hydrogens is 308 g/mol. The molecule has 0 heterocycles. The lowest BCUT2D eigenvalue weighted by Crippen LogP contribution is -1.80. The van der Waals surface area contributed by atoms with Crippen molar-refractivity contribution < 1.29 is 9.05 Å². The molecule has 0 saturated heterocycles. The molecule has 1 rings (SSSR count). The summed E-state index contributed by atoms with van der Waals surface area (Å²) in [4.78, 5) is 0. The maximum Gasteiger partial charge on any atom is 0.284 e. The van der Waals surface area contributed by atoms with E-state index < -0.39 is 13.7 Å². The van der Waals surface area contributed by atoms with Gasteiger partial charge in [0, 0.05) is 0 Å². The van der Waals surface area contributed by atoms with Crippen molar-refractivity contribution in [3.63, 3.8) is 0 Å². The van der Waals surface area contributed by atoms with Crippen LogP contribution in [-0.2, 0) is 0 Å². The summed E-state index contributed by atoms with van der Waals surface area (Å²) in [6.45, 7) is -2.90. The molecule has 2 nitrogen and oxygen atoms in total. The van der Waals surface area contributed by atoms with Gasteiger partial charge in [0.15, 0.2) is 0 Å². The molecule has 0 spiro atoms. The second kappa shape index (κ2) is 6.43. The van der Waals surface area contributed by atoms with Gasteiger partial charge in [-0.1, -0.05) is 0 Å². The maximum atomic E-state index is 5.47. The number of hydrogen-bond donors (Lipinski definition) is 0. The average Bonchev–Trinajstić information content (AvgIpc) is 2.06. The zero-order chi connectivity index (χ0) is 10.6. The van der Waals surface area contributed by atoms with Crippen LogP contribution in [0, 0.1) is 0 Å². The summed E-state index contributed by atoms with van der Waals surface area (Å²) >= 11 is 21.9. The molecule has 0 fully saturated rings. The van der Waals surface area contributed by atoms with Crippen molar-refractivity contribution in [2.75, 3.05) is 0 Å². The molecule has 0 unspecified atom stereocenters. The van der Waals surface area contributed by atoms with E-state index in [1.807, 2.05) is 0 Å². The minimum atomic E-state index is -1.45. The molecule has 0 aliphatic rings. The molecule has 1 aromatic carbocycles. The van der Waals surface area contributed by atoms with Gasteiger partial charge in [0.1, 0.15) is 11.5 Å². The first kappa shape index (κ1) is 12.9. The molecule has 0 amide bonds. The quantitative estimate of drug-likeness (QED) is 0.649. The highest BCUT2D eigenvalue weighted by atomic mass is 35.9. The second-order valence-electron chi connectivity index (χ2n) is 2.06. The molecule has 0 atom stereocenters. The largest absolute Gasteiger partial charge is 0.445 e. The molecule has 0 aliphatic carbocycles. The van der Waals surface area contributed by atoms with Crippen LogP contribution in [0.5, 0.6) is 11.5 Å². The zero-order valence-electron chi connectivity index (χ0n) is 6.53. The first-order chi connectivity index (χ1) is 6.58. The lowest BCUT2D eigenvalue weighted by molar-refractivity contribution is 0.619. The third-order valence-electron chi connectivity index (χ3n) is 1.17. The van der Waals surface area contributed by atoms with E-state index in [0.29, 0.717) is 11.5 Å². The summed E-state index contributed by atoms with van der Waals surface area (Å²) in [5, 5.41) is 0. The highest BCUT2D eigenvalue weighted by molar-refractivity contribution is 8.01. The first-order valence-corrected chi connectivity index (χ1v) is 9.41. The Bertz CT molecular complexity index is 251. The van der Waals surface area contributed by atoms with E-state index in [4.69, 9.17) is 54.0 Å². The molecule has 78 valence electrons. The molecule has 1 aromatic rings. The van der Waals surface area contributed by atoms with Crippen molar-refractivity contribution in [3.8, 4) is 11.5 Å². The predicted molar refractivity (Wildman–Crippen MR) is 65.0 cm³/mol. The van der Waals surface area contributed by atoms with Gasteiger partial charge < -0.3 is 9.05 Å². The third-order valence-corrected chi connectivity index (χ3v) is 2.70. The summed E-state index contributed by atoms with van der Waals surface area (Å²) in [5.74, 6) is 1.14. The Labute approximate surface area is 103 Å². The highest BCUT2D eigenvalue weighted by Crippen LogP contribution is 2.49. The monoisotopic (exact) mass is 310 g/mol. The lowest BCUT2D eigenvalue weighted by atomic mass is 10.3. The van der Waals surface area contributed by atoms with Crippen molar-refractivity contribution >= 4 is 58.7 Å². The van der Waals surface area contributed by atoms with E-state index in [9.17, 15) is 0 Å². The summed E-state index contributed by atoms with van der Waals surface area (Å²) in [6.07, 6.45) is 0. The number of hydrogen-bond acceptors (Lipinski definition) is 2. The summed E-state index contributed by atoms with van der Waals surface area (Å²) in [5.41, 5.74) is 0. The maximum absolute atomic E-state index is 5.47. The fourth-order valence-electron chi connectivity index (χ4n) is 0.721. The molecule has 0 aromatic heterocycles. The normalized spacial score (nSPS) is 10.7. The van der Waals surface area contributed by atoms with Gasteiger partial charge in [0.2, 0.25) is 0 Å². The smallest absolute Gasteiger partial charge is 0.284 e. The lowest BCUT2D eigenvalue weighted by Gasteiger charge is -2.07. The Morgan fingerprint density at radius 2 is 1.00 bits per heavy atom. The minimum Gasteiger partial charge on any atom is -0.445 e. The molecule has 0 aliphatic heterocycles. The van der Waals surface area contributed by atoms with Crippen LogP contribution in [-0.4, -0.2) is 0 Å². The van der Waals surface area contributed by atoms with Gasteiger partial charge in [-0.25, -0.2) is 0 Å². The van der Waals surface area contributed by atoms with Crippen molar-refractivity contribution in [3.05, 3.63) is 24.3 Å². The Hall–Kier alpha value is 0.840. The van der Waals surface area contributed by atoms with Crippen LogP contribution < -0.4 is 9.05 Å². The Kier molecular flexibility index (Phi) is 5.93. The van der Waals surface area contributed by atoms with Crippen molar-refractivity contribution in [1.29, 1.82) is 0 Å². The Balaban J connectivity index is 2.59. The number of benzene rings is 1. The zero-order valence-corrected chi connectivity index (χ0v) is 11.3. The van der Waals surface area contributed by atoms with E-state index in [1.165, 1.54) is 0 Å². The summed E-state index contributed by atoms with van der Waals surface area (Å²) in [6, 6.07) is 6.67. The highest BCUT2D eigenvalue weighted by Gasteiger charge is 2.05. The predicted octanol–water partition coefficient (Wildman–Crippen LogP) is 5.85. The SMILES string of the molecule is ClP(Cl)Oc1ccc(OP(Cl)Cl)cc1. The molecule has 14 heavy (non-hydrogen) atoms. The van der Waals surface area contributed by atoms with E-state index in [0.717, 1.165) is 0 Å². The van der Waals surface area contributed by atoms with Crippen LogP contribution >= 0.6 is 58.7 Å². The summed E-state index contributed by atoms with van der Waals surface area (Å²) < 4.78 is 10.1. The van der Waals surface area contributed by atoms with Crippen molar-refractivity contribution in [2.45, 2.75) is 0 Å². The van der Waals surface area contributed by atoms with E-state index >= 15 is 0 Å². The fourth-order valence-corrected chi connectivity index (χ4v) is 2.24. The molecule has 0 bridgehead atoms. The average molecular weight is 312 g/mol. The van der Waals surface area contributed by atoms with E-state index in [-0.39, 0.29) is 0 Å². The molecule has 0 radical (unpaired) electrons.